The zero-order valence-corrected chi connectivity index (χ0v) is 7.20. The summed E-state index contributed by atoms with van der Waals surface area (Å²) in [7, 11) is 0. The van der Waals surface area contributed by atoms with E-state index >= 15 is 0 Å². The van der Waals surface area contributed by atoms with Crippen LogP contribution in [0.25, 0.3) is 5.52 Å². The number of pyridine rings is 1. The number of nitrogens with zero attached hydrogens (tertiary/aromatic N) is 2. The third kappa shape index (κ3) is 1.09. The standard InChI is InChI=1S/C10H12N2/c1-2-5-9-8-11-12-7-4-3-6-10(9)12/h3-4,6-8H,2,5H2,1H3. The smallest absolute Gasteiger partial charge is 0.0693 e. The van der Waals surface area contributed by atoms with Crippen molar-refractivity contribution in [3.05, 3.63) is 36.2 Å². The zero-order chi connectivity index (χ0) is 8.39. The van der Waals surface area contributed by atoms with Crippen molar-refractivity contribution < 1.29 is 0 Å². The van der Waals surface area contributed by atoms with E-state index in [0.29, 0.717) is 0 Å². The van der Waals surface area contributed by atoms with Gasteiger partial charge in [0.2, 0.25) is 0 Å². The van der Waals surface area contributed by atoms with Gasteiger partial charge in [-0.1, -0.05) is 19.4 Å². The molecule has 12 heavy (non-hydrogen) atoms. The number of hydrogen-bond acceptors (Lipinski definition) is 1. The largest absolute Gasteiger partial charge is 0.241 e. The van der Waals surface area contributed by atoms with Crippen LogP contribution in [0.4, 0.5) is 0 Å². The molecular formula is C10H12N2. The van der Waals surface area contributed by atoms with Crippen molar-refractivity contribution in [2.75, 3.05) is 0 Å². The summed E-state index contributed by atoms with van der Waals surface area (Å²) in [5, 5.41) is 4.25. The fourth-order valence-electron chi connectivity index (χ4n) is 1.45. The number of fused-ring (bicyclic) bond motifs is 1. The molecule has 0 aliphatic carbocycles. The first kappa shape index (κ1) is 7.35. The number of aryl methyl sites for hydroxylation is 1. The van der Waals surface area contributed by atoms with Gasteiger partial charge in [0.25, 0.3) is 0 Å². The Morgan fingerprint density at radius 2 is 2.33 bits per heavy atom. The molecule has 0 atom stereocenters. The van der Waals surface area contributed by atoms with Crippen LogP contribution in [0.5, 0.6) is 0 Å². The molecule has 0 aromatic carbocycles. The summed E-state index contributed by atoms with van der Waals surface area (Å²) in [4.78, 5) is 0. The van der Waals surface area contributed by atoms with Crippen molar-refractivity contribution in [3.8, 4) is 0 Å². The van der Waals surface area contributed by atoms with Gasteiger partial charge in [-0.05, 0) is 24.1 Å². The molecule has 0 saturated carbocycles. The van der Waals surface area contributed by atoms with Gasteiger partial charge in [0.1, 0.15) is 0 Å². The quantitative estimate of drug-likeness (QED) is 0.658. The molecule has 0 saturated heterocycles. The van der Waals surface area contributed by atoms with Gasteiger partial charge in [-0.3, -0.25) is 0 Å². The van der Waals surface area contributed by atoms with Crippen LogP contribution in [-0.4, -0.2) is 9.61 Å². The minimum atomic E-state index is 1.12. The van der Waals surface area contributed by atoms with Gasteiger partial charge in [-0.15, -0.1) is 0 Å². The average Bonchev–Trinajstić information content (AvgIpc) is 2.50. The van der Waals surface area contributed by atoms with E-state index in [2.05, 4.69) is 24.2 Å². The Kier molecular flexibility index (Phi) is 1.82. The van der Waals surface area contributed by atoms with Crippen molar-refractivity contribution in [1.82, 2.24) is 9.61 Å². The lowest BCUT2D eigenvalue weighted by molar-refractivity contribution is 0.929. The second kappa shape index (κ2) is 2.97. The maximum atomic E-state index is 4.25. The van der Waals surface area contributed by atoms with E-state index in [1.165, 1.54) is 17.5 Å². The lowest BCUT2D eigenvalue weighted by atomic mass is 10.2. The summed E-state index contributed by atoms with van der Waals surface area (Å²) < 4.78 is 1.92. The second-order valence-electron chi connectivity index (χ2n) is 2.95. The van der Waals surface area contributed by atoms with E-state index in [1.54, 1.807) is 0 Å². The Labute approximate surface area is 71.8 Å². The predicted molar refractivity (Wildman–Crippen MR) is 49.2 cm³/mol. The molecule has 2 nitrogen and oxygen atoms in total. The van der Waals surface area contributed by atoms with Crippen LogP contribution in [0.1, 0.15) is 18.9 Å². The van der Waals surface area contributed by atoms with Crippen LogP contribution < -0.4 is 0 Å². The molecule has 0 spiro atoms. The molecule has 0 bridgehead atoms. The Morgan fingerprint density at radius 1 is 1.42 bits per heavy atom. The highest BCUT2D eigenvalue weighted by atomic mass is 15.2. The van der Waals surface area contributed by atoms with Gasteiger partial charge in [0.05, 0.1) is 11.7 Å². The first-order chi connectivity index (χ1) is 5.92. The Bertz CT molecular complexity index is 376. The zero-order valence-electron chi connectivity index (χ0n) is 7.20. The van der Waals surface area contributed by atoms with Gasteiger partial charge in [0, 0.05) is 6.20 Å². The lowest BCUT2D eigenvalue weighted by Crippen LogP contribution is -1.85. The first-order valence-electron chi connectivity index (χ1n) is 4.33. The lowest BCUT2D eigenvalue weighted by Gasteiger charge is -1.94. The molecule has 0 unspecified atom stereocenters. The van der Waals surface area contributed by atoms with E-state index in [0.717, 1.165) is 6.42 Å². The van der Waals surface area contributed by atoms with Gasteiger partial charge in [-0.2, -0.15) is 5.10 Å². The van der Waals surface area contributed by atoms with Crippen LogP contribution in [0.3, 0.4) is 0 Å². The summed E-state index contributed by atoms with van der Waals surface area (Å²) in [5.41, 5.74) is 2.58. The maximum absolute atomic E-state index is 4.25. The van der Waals surface area contributed by atoms with E-state index in [9.17, 15) is 0 Å². The summed E-state index contributed by atoms with van der Waals surface area (Å²) in [6.07, 6.45) is 6.23. The van der Waals surface area contributed by atoms with Crippen LogP contribution in [0.15, 0.2) is 30.6 Å². The molecule has 2 aromatic rings. The van der Waals surface area contributed by atoms with Crippen LogP contribution >= 0.6 is 0 Å². The van der Waals surface area contributed by atoms with Gasteiger partial charge in [-0.25, -0.2) is 4.52 Å². The van der Waals surface area contributed by atoms with Crippen molar-refractivity contribution in [2.45, 2.75) is 19.8 Å². The number of aromatic nitrogens is 2. The molecule has 0 aliphatic heterocycles. The second-order valence-corrected chi connectivity index (χ2v) is 2.95. The van der Waals surface area contributed by atoms with E-state index < -0.39 is 0 Å². The molecule has 0 fully saturated rings. The van der Waals surface area contributed by atoms with E-state index in [4.69, 9.17) is 0 Å². The minimum Gasteiger partial charge on any atom is -0.241 e. The average molecular weight is 160 g/mol. The predicted octanol–water partition coefficient (Wildman–Crippen LogP) is 2.29. The fraction of sp³-hybridized carbons (Fsp3) is 0.300. The SMILES string of the molecule is CCCc1cnn2ccccc12. The van der Waals surface area contributed by atoms with Gasteiger partial charge >= 0.3 is 0 Å². The maximum Gasteiger partial charge on any atom is 0.0693 e. The molecule has 62 valence electrons. The normalized spacial score (nSPS) is 10.8. The van der Waals surface area contributed by atoms with Crippen molar-refractivity contribution in [2.24, 2.45) is 0 Å². The van der Waals surface area contributed by atoms with Crippen molar-refractivity contribution in [1.29, 1.82) is 0 Å². The Morgan fingerprint density at radius 3 is 3.17 bits per heavy atom. The summed E-state index contributed by atoms with van der Waals surface area (Å²) in [6, 6.07) is 6.16. The topological polar surface area (TPSA) is 17.3 Å². The van der Waals surface area contributed by atoms with Crippen molar-refractivity contribution >= 4 is 5.52 Å². The summed E-state index contributed by atoms with van der Waals surface area (Å²) >= 11 is 0. The highest BCUT2D eigenvalue weighted by Crippen LogP contribution is 2.11. The molecule has 0 aliphatic rings. The highest BCUT2D eigenvalue weighted by Gasteiger charge is 1.99. The number of hydrogen-bond donors (Lipinski definition) is 0. The molecule has 2 heteroatoms. The molecule has 2 heterocycles. The van der Waals surface area contributed by atoms with Crippen LogP contribution in [0, 0.1) is 0 Å². The molecule has 0 N–H and O–H groups in total. The highest BCUT2D eigenvalue weighted by molar-refractivity contribution is 5.53. The monoisotopic (exact) mass is 160 g/mol. The molecule has 2 aromatic heterocycles. The van der Waals surface area contributed by atoms with Crippen LogP contribution in [0.2, 0.25) is 0 Å². The minimum absolute atomic E-state index is 1.12. The molecule has 0 radical (unpaired) electrons. The van der Waals surface area contributed by atoms with Gasteiger partial charge < -0.3 is 0 Å². The summed E-state index contributed by atoms with van der Waals surface area (Å²) in [6.45, 7) is 2.19. The van der Waals surface area contributed by atoms with E-state index in [-0.39, 0.29) is 0 Å². The Balaban J connectivity index is 2.55. The van der Waals surface area contributed by atoms with Crippen LogP contribution in [-0.2, 0) is 6.42 Å². The first-order valence-corrected chi connectivity index (χ1v) is 4.33. The Hall–Kier alpha value is -1.31. The molecule has 0 amide bonds. The summed E-state index contributed by atoms with van der Waals surface area (Å²) in [5.74, 6) is 0. The van der Waals surface area contributed by atoms with Gasteiger partial charge in [0.15, 0.2) is 0 Å². The third-order valence-corrected chi connectivity index (χ3v) is 2.03. The molecule has 2 rings (SSSR count). The third-order valence-electron chi connectivity index (χ3n) is 2.03. The van der Waals surface area contributed by atoms with Crippen molar-refractivity contribution in [3.63, 3.8) is 0 Å². The number of rotatable bonds is 2. The van der Waals surface area contributed by atoms with E-state index in [1.807, 2.05) is 23.0 Å². The molecular weight excluding hydrogens is 148 g/mol. The fourth-order valence-corrected chi connectivity index (χ4v) is 1.45.